The van der Waals surface area contributed by atoms with Gasteiger partial charge < -0.3 is 0 Å². The summed E-state index contributed by atoms with van der Waals surface area (Å²) in [5.41, 5.74) is 3.92. The minimum absolute atomic E-state index is 0.683. The van der Waals surface area contributed by atoms with Gasteiger partial charge in [-0.3, -0.25) is 0 Å². The summed E-state index contributed by atoms with van der Waals surface area (Å²) in [6.07, 6.45) is 10.9. The van der Waals surface area contributed by atoms with Gasteiger partial charge in [0.15, 0.2) is 0 Å². The Bertz CT molecular complexity index is 858. The Kier molecular flexibility index (Phi) is 10.2. The molecule has 0 nitrogen and oxygen atoms in total. The van der Waals surface area contributed by atoms with Crippen LogP contribution in [0.3, 0.4) is 0 Å². The van der Waals surface area contributed by atoms with Crippen LogP contribution in [0.2, 0.25) is 0 Å². The Hall–Kier alpha value is -2.60. The first-order valence-electron chi connectivity index (χ1n) is 12.1. The average molecular weight is 411 g/mol. The first-order chi connectivity index (χ1) is 15.3. The van der Waals surface area contributed by atoms with Crippen molar-refractivity contribution in [3.8, 4) is 11.1 Å². The first kappa shape index (κ1) is 23.1. The van der Waals surface area contributed by atoms with E-state index in [9.17, 15) is 0 Å². The fraction of sp³-hybridized carbons (Fsp3) is 0.355. The summed E-state index contributed by atoms with van der Waals surface area (Å²) in [4.78, 5) is 0. The van der Waals surface area contributed by atoms with Gasteiger partial charge in [-0.1, -0.05) is 149 Å². The molecule has 2 aromatic rings. The standard InChI is InChI=1S/C31H38/c1-27-17-12-14-23-29(24-15-13-18-27)31-22-11-7-10-21-30(25-16-26-31)28-19-8-5-3-2-4-6-9-20-28/h2-11,16,19-22,25-27,29H,12-15,17-18,23-24H2,1H3. The van der Waals surface area contributed by atoms with Crippen molar-refractivity contribution in [2.75, 3.05) is 0 Å². The summed E-state index contributed by atoms with van der Waals surface area (Å²) in [7, 11) is 0. The van der Waals surface area contributed by atoms with Crippen LogP contribution in [0.15, 0.2) is 103 Å². The third-order valence-electron chi connectivity index (χ3n) is 6.37. The maximum atomic E-state index is 2.43. The molecule has 0 radical (unpaired) electrons. The molecule has 1 saturated carbocycles. The third kappa shape index (κ3) is 8.58. The molecule has 0 heteroatoms. The SMILES string of the molecule is CC1CCCCC(c2cccccc(-c3ccccccccc3)ccc2)CCCC1. The fourth-order valence-electron chi connectivity index (χ4n) is 4.50. The van der Waals surface area contributed by atoms with E-state index in [1.54, 1.807) is 0 Å². The number of hydrogen-bond acceptors (Lipinski definition) is 0. The van der Waals surface area contributed by atoms with Gasteiger partial charge in [0, 0.05) is 0 Å². The Morgan fingerprint density at radius 2 is 0.839 bits per heavy atom. The minimum Gasteiger partial charge on any atom is -0.0625 e. The van der Waals surface area contributed by atoms with Crippen LogP contribution in [0.4, 0.5) is 0 Å². The molecule has 0 unspecified atom stereocenters. The maximum Gasteiger partial charge on any atom is -0.0162 e. The molecule has 1 fully saturated rings. The highest BCUT2D eigenvalue weighted by Gasteiger charge is 2.13. The lowest BCUT2D eigenvalue weighted by molar-refractivity contribution is 0.396. The highest BCUT2D eigenvalue weighted by Crippen LogP contribution is 2.30. The van der Waals surface area contributed by atoms with Gasteiger partial charge in [0.2, 0.25) is 0 Å². The highest BCUT2D eigenvalue weighted by molar-refractivity contribution is 5.61. The summed E-state index contributed by atoms with van der Waals surface area (Å²) in [5.74, 6) is 1.59. The maximum absolute atomic E-state index is 2.43. The van der Waals surface area contributed by atoms with Crippen molar-refractivity contribution < 1.29 is 0 Å². The van der Waals surface area contributed by atoms with E-state index >= 15 is 0 Å². The molecular formula is C31H38. The van der Waals surface area contributed by atoms with E-state index in [1.165, 1.54) is 68.1 Å². The summed E-state index contributed by atoms with van der Waals surface area (Å²) in [5, 5.41) is 0. The van der Waals surface area contributed by atoms with Gasteiger partial charge >= 0.3 is 0 Å². The molecule has 0 spiro atoms. The van der Waals surface area contributed by atoms with E-state index < -0.39 is 0 Å². The van der Waals surface area contributed by atoms with E-state index in [2.05, 4.69) is 104 Å². The predicted molar refractivity (Wildman–Crippen MR) is 136 cm³/mol. The summed E-state index contributed by atoms with van der Waals surface area (Å²) in [6.45, 7) is 2.43. The molecule has 31 heavy (non-hydrogen) atoms. The molecule has 0 heterocycles. The topological polar surface area (TPSA) is 0 Å². The Balaban J connectivity index is 1.89. The van der Waals surface area contributed by atoms with Crippen LogP contribution in [0.1, 0.15) is 69.8 Å². The molecule has 162 valence electrons. The largest absolute Gasteiger partial charge is 0.0625 e. The van der Waals surface area contributed by atoms with Crippen molar-refractivity contribution in [3.05, 3.63) is 109 Å². The van der Waals surface area contributed by atoms with Crippen molar-refractivity contribution >= 4 is 0 Å². The van der Waals surface area contributed by atoms with Gasteiger partial charge in [-0.15, -0.1) is 0 Å². The number of hydrogen-bond donors (Lipinski definition) is 0. The molecular weight excluding hydrogens is 372 g/mol. The van der Waals surface area contributed by atoms with Crippen molar-refractivity contribution in [3.63, 3.8) is 0 Å². The van der Waals surface area contributed by atoms with Gasteiger partial charge in [0.25, 0.3) is 0 Å². The van der Waals surface area contributed by atoms with Gasteiger partial charge in [-0.2, -0.15) is 0 Å². The molecule has 3 rings (SSSR count). The van der Waals surface area contributed by atoms with Crippen molar-refractivity contribution in [1.29, 1.82) is 0 Å². The van der Waals surface area contributed by atoms with E-state index in [4.69, 9.17) is 0 Å². The predicted octanol–water partition coefficient (Wildman–Crippen LogP) is 9.46. The lowest BCUT2D eigenvalue weighted by Gasteiger charge is -2.20. The van der Waals surface area contributed by atoms with Crippen LogP contribution in [0.5, 0.6) is 0 Å². The minimum atomic E-state index is 0.683. The van der Waals surface area contributed by atoms with Crippen molar-refractivity contribution in [1.82, 2.24) is 0 Å². The summed E-state index contributed by atoms with van der Waals surface area (Å²) in [6, 6.07) is 36.8. The molecule has 0 aromatic heterocycles. The molecule has 0 saturated heterocycles. The molecule has 2 aromatic carbocycles. The Labute approximate surface area is 190 Å². The quantitative estimate of drug-likeness (QED) is 0.462. The van der Waals surface area contributed by atoms with E-state index in [0.717, 1.165) is 5.92 Å². The van der Waals surface area contributed by atoms with Crippen molar-refractivity contribution in [2.45, 2.75) is 64.2 Å². The molecule has 0 aliphatic heterocycles. The first-order valence-corrected chi connectivity index (χ1v) is 12.1. The van der Waals surface area contributed by atoms with Gasteiger partial charge in [-0.05, 0) is 41.4 Å². The summed E-state index contributed by atoms with van der Waals surface area (Å²) >= 11 is 0. The van der Waals surface area contributed by atoms with E-state index in [1.807, 2.05) is 6.07 Å². The Morgan fingerprint density at radius 3 is 1.42 bits per heavy atom. The van der Waals surface area contributed by atoms with Gasteiger partial charge in [-0.25, -0.2) is 0 Å². The lowest BCUT2D eigenvalue weighted by Crippen LogP contribution is -2.03. The molecule has 0 N–H and O–H groups in total. The molecule has 1 aliphatic rings. The van der Waals surface area contributed by atoms with Gasteiger partial charge in [0.1, 0.15) is 0 Å². The second-order valence-electron chi connectivity index (χ2n) is 8.90. The average Bonchev–Trinajstić information content (AvgIpc) is 2.79. The van der Waals surface area contributed by atoms with Crippen LogP contribution in [-0.2, 0) is 0 Å². The highest BCUT2D eigenvalue weighted by atomic mass is 14.2. The second-order valence-corrected chi connectivity index (χ2v) is 8.90. The van der Waals surface area contributed by atoms with Crippen LogP contribution < -0.4 is 0 Å². The molecule has 0 atom stereocenters. The van der Waals surface area contributed by atoms with Gasteiger partial charge in [0.05, 0.1) is 0 Å². The lowest BCUT2D eigenvalue weighted by atomic mass is 9.85. The summed E-state index contributed by atoms with van der Waals surface area (Å²) < 4.78 is 0. The monoisotopic (exact) mass is 410 g/mol. The zero-order valence-corrected chi connectivity index (χ0v) is 19.1. The normalized spacial score (nSPS) is 19.4. The zero-order valence-electron chi connectivity index (χ0n) is 19.1. The smallest absolute Gasteiger partial charge is 0.0162 e. The number of rotatable bonds is 2. The zero-order chi connectivity index (χ0) is 21.6. The van der Waals surface area contributed by atoms with Crippen LogP contribution >= 0.6 is 0 Å². The second kappa shape index (κ2) is 13.7. The van der Waals surface area contributed by atoms with Crippen LogP contribution in [0, 0.1) is 5.92 Å². The molecule has 0 bridgehead atoms. The van der Waals surface area contributed by atoms with E-state index in [-0.39, 0.29) is 0 Å². The molecule has 0 amide bonds. The molecule has 1 aliphatic carbocycles. The van der Waals surface area contributed by atoms with E-state index in [0.29, 0.717) is 5.92 Å². The van der Waals surface area contributed by atoms with Crippen LogP contribution in [0.25, 0.3) is 11.1 Å². The third-order valence-corrected chi connectivity index (χ3v) is 6.37. The fourth-order valence-corrected chi connectivity index (χ4v) is 4.50. The van der Waals surface area contributed by atoms with Crippen molar-refractivity contribution in [2.24, 2.45) is 5.92 Å². The Morgan fingerprint density at radius 1 is 0.452 bits per heavy atom. The van der Waals surface area contributed by atoms with Crippen LogP contribution in [-0.4, -0.2) is 0 Å².